The predicted octanol–water partition coefficient (Wildman–Crippen LogP) is 1.88. The zero-order valence-corrected chi connectivity index (χ0v) is 23.1. The van der Waals surface area contributed by atoms with Gasteiger partial charge in [-0.15, -0.1) is 0 Å². The molecular weight excluding hydrogens is 506 g/mol. The maximum absolute atomic E-state index is 13.7. The standard InChI is InChI=1S/C27H39N5O5S/c1-16(2)13-21(30-24(33)19(28)10-12-38-3)25(34)31-22(26(35)32-11-6-9-23(32)27(36)37)14-17-15-29-20-8-5-4-7-18(17)20/h4-5,7-8,15-16,19,21-23,29H,6,9-14,28H2,1-3H3,(H,30,33)(H,31,34)(H,36,37). The number of likely N-dealkylation sites (tertiary alicyclic amines) is 1. The topological polar surface area (TPSA) is 158 Å². The summed E-state index contributed by atoms with van der Waals surface area (Å²) < 4.78 is 0. The molecule has 10 nitrogen and oxygen atoms in total. The van der Waals surface area contributed by atoms with Crippen molar-refractivity contribution >= 4 is 46.4 Å². The van der Waals surface area contributed by atoms with Crippen molar-refractivity contribution < 1.29 is 24.3 Å². The summed E-state index contributed by atoms with van der Waals surface area (Å²) in [5, 5.41) is 16.2. The fraction of sp³-hybridized carbons (Fsp3) is 0.556. The van der Waals surface area contributed by atoms with E-state index in [4.69, 9.17) is 5.73 Å². The third-order valence-corrected chi connectivity index (χ3v) is 7.49. The number of carbonyl (C=O) groups is 4. The summed E-state index contributed by atoms with van der Waals surface area (Å²) in [5.74, 6) is -1.60. The van der Waals surface area contributed by atoms with Crippen LogP contribution in [0.3, 0.4) is 0 Å². The van der Waals surface area contributed by atoms with Crippen LogP contribution in [0.25, 0.3) is 10.9 Å². The van der Waals surface area contributed by atoms with Crippen molar-refractivity contribution in [1.29, 1.82) is 0 Å². The van der Waals surface area contributed by atoms with Gasteiger partial charge in [-0.2, -0.15) is 11.8 Å². The summed E-state index contributed by atoms with van der Waals surface area (Å²) in [4.78, 5) is 56.2. The summed E-state index contributed by atoms with van der Waals surface area (Å²) in [6, 6.07) is 4.10. The van der Waals surface area contributed by atoms with Gasteiger partial charge in [-0.1, -0.05) is 32.0 Å². The second-order valence-electron chi connectivity index (χ2n) is 10.2. The molecule has 0 spiro atoms. The Labute approximate surface area is 227 Å². The maximum Gasteiger partial charge on any atom is 0.326 e. The van der Waals surface area contributed by atoms with Gasteiger partial charge in [0.1, 0.15) is 18.1 Å². The Morgan fingerprint density at radius 3 is 2.55 bits per heavy atom. The number of aliphatic carboxylic acids is 1. The van der Waals surface area contributed by atoms with E-state index in [1.165, 1.54) is 4.90 Å². The molecule has 1 aromatic carbocycles. The molecule has 0 aliphatic carbocycles. The molecule has 0 radical (unpaired) electrons. The molecule has 1 aromatic heterocycles. The number of carboxylic acids is 1. The Bertz CT molecular complexity index is 1140. The quantitative estimate of drug-likeness (QED) is 0.257. The van der Waals surface area contributed by atoms with Crippen molar-refractivity contribution in [1.82, 2.24) is 20.5 Å². The Kier molecular flexibility index (Phi) is 10.6. The van der Waals surface area contributed by atoms with E-state index in [1.54, 1.807) is 18.0 Å². The molecule has 1 saturated heterocycles. The highest BCUT2D eigenvalue weighted by molar-refractivity contribution is 7.98. The first-order chi connectivity index (χ1) is 18.1. The first-order valence-electron chi connectivity index (χ1n) is 13.1. The van der Waals surface area contributed by atoms with E-state index >= 15 is 0 Å². The minimum absolute atomic E-state index is 0.0891. The number of aromatic amines is 1. The van der Waals surface area contributed by atoms with Crippen LogP contribution in [-0.4, -0.2) is 81.4 Å². The molecule has 4 atom stereocenters. The van der Waals surface area contributed by atoms with Gasteiger partial charge >= 0.3 is 5.97 Å². The second kappa shape index (κ2) is 13.7. The fourth-order valence-electron chi connectivity index (χ4n) is 4.84. The van der Waals surface area contributed by atoms with Crippen LogP contribution >= 0.6 is 11.8 Å². The lowest BCUT2D eigenvalue weighted by molar-refractivity contribution is -0.149. The van der Waals surface area contributed by atoms with Crippen molar-refractivity contribution in [2.24, 2.45) is 11.7 Å². The number of para-hydroxylation sites is 1. The summed E-state index contributed by atoms with van der Waals surface area (Å²) in [7, 11) is 0. The zero-order valence-electron chi connectivity index (χ0n) is 22.2. The molecule has 2 heterocycles. The lowest BCUT2D eigenvalue weighted by Gasteiger charge is -2.29. The number of benzene rings is 1. The van der Waals surface area contributed by atoms with Crippen molar-refractivity contribution in [3.63, 3.8) is 0 Å². The number of carbonyl (C=O) groups excluding carboxylic acids is 3. The van der Waals surface area contributed by atoms with Crippen molar-refractivity contribution in [3.05, 3.63) is 36.0 Å². The number of amides is 3. The summed E-state index contributed by atoms with van der Waals surface area (Å²) in [6.07, 6.45) is 5.70. The number of aromatic nitrogens is 1. The number of hydrogen-bond donors (Lipinski definition) is 5. The SMILES string of the molecule is CSCCC(N)C(=O)NC(CC(C)C)C(=O)NC(Cc1c[nH]c2ccccc12)C(=O)N1CCCC1C(=O)O. The molecule has 1 aliphatic heterocycles. The van der Waals surface area contributed by atoms with Crippen molar-refractivity contribution in [2.75, 3.05) is 18.6 Å². The van der Waals surface area contributed by atoms with E-state index in [0.717, 1.165) is 22.2 Å². The molecule has 1 fully saturated rings. The monoisotopic (exact) mass is 545 g/mol. The van der Waals surface area contributed by atoms with Gasteiger partial charge in [-0.25, -0.2) is 4.79 Å². The van der Waals surface area contributed by atoms with Gasteiger partial charge in [0.25, 0.3) is 0 Å². The number of nitrogens with one attached hydrogen (secondary N) is 3. The smallest absolute Gasteiger partial charge is 0.326 e. The van der Waals surface area contributed by atoms with E-state index in [0.29, 0.717) is 32.2 Å². The number of nitrogens with zero attached hydrogens (tertiary/aromatic N) is 1. The van der Waals surface area contributed by atoms with E-state index < -0.39 is 47.9 Å². The van der Waals surface area contributed by atoms with Gasteiger partial charge in [-0.05, 0) is 55.2 Å². The van der Waals surface area contributed by atoms with Crippen LogP contribution in [0.5, 0.6) is 0 Å². The van der Waals surface area contributed by atoms with Crippen LogP contribution in [0.2, 0.25) is 0 Å². The summed E-state index contributed by atoms with van der Waals surface area (Å²) in [6.45, 7) is 4.19. The molecule has 3 amide bonds. The molecule has 208 valence electrons. The molecule has 4 unspecified atom stereocenters. The largest absolute Gasteiger partial charge is 0.480 e. The molecule has 0 saturated carbocycles. The minimum Gasteiger partial charge on any atom is -0.480 e. The van der Waals surface area contributed by atoms with Gasteiger partial charge < -0.3 is 31.4 Å². The highest BCUT2D eigenvalue weighted by Gasteiger charge is 2.38. The van der Waals surface area contributed by atoms with Crippen LogP contribution in [-0.2, 0) is 25.6 Å². The second-order valence-corrected chi connectivity index (χ2v) is 11.2. The highest BCUT2D eigenvalue weighted by atomic mass is 32.2. The third kappa shape index (κ3) is 7.50. The lowest BCUT2D eigenvalue weighted by atomic mass is 10.00. The molecule has 1 aliphatic rings. The maximum atomic E-state index is 13.7. The Hall–Kier alpha value is -3.05. The van der Waals surface area contributed by atoms with Crippen molar-refractivity contribution in [2.45, 2.75) is 70.1 Å². The molecule has 0 bridgehead atoms. The van der Waals surface area contributed by atoms with E-state index in [1.807, 2.05) is 44.4 Å². The van der Waals surface area contributed by atoms with Crippen molar-refractivity contribution in [3.8, 4) is 0 Å². The normalized spacial score (nSPS) is 17.8. The third-order valence-electron chi connectivity index (χ3n) is 6.84. The van der Waals surface area contributed by atoms with Gasteiger partial charge in [0.15, 0.2) is 0 Å². The summed E-state index contributed by atoms with van der Waals surface area (Å²) in [5.41, 5.74) is 7.75. The molecule has 2 aromatic rings. The van der Waals surface area contributed by atoms with Gasteiger partial charge in [-0.3, -0.25) is 14.4 Å². The number of rotatable bonds is 13. The number of hydrogen-bond acceptors (Lipinski definition) is 6. The van der Waals surface area contributed by atoms with Gasteiger partial charge in [0.05, 0.1) is 6.04 Å². The average Bonchev–Trinajstić information content (AvgIpc) is 3.53. The van der Waals surface area contributed by atoms with Gasteiger partial charge in [0.2, 0.25) is 17.7 Å². The molecule has 38 heavy (non-hydrogen) atoms. The predicted molar refractivity (Wildman–Crippen MR) is 149 cm³/mol. The first-order valence-corrected chi connectivity index (χ1v) is 14.4. The number of nitrogens with two attached hydrogens (primary N) is 1. The fourth-order valence-corrected chi connectivity index (χ4v) is 5.33. The van der Waals surface area contributed by atoms with Crippen LogP contribution in [0, 0.1) is 5.92 Å². The van der Waals surface area contributed by atoms with Crippen LogP contribution in [0.4, 0.5) is 0 Å². The molecule has 11 heteroatoms. The first kappa shape index (κ1) is 29.5. The van der Waals surface area contributed by atoms with Gasteiger partial charge in [0, 0.05) is 30.1 Å². The van der Waals surface area contributed by atoms with Crippen LogP contribution in [0.15, 0.2) is 30.5 Å². The zero-order chi connectivity index (χ0) is 27.8. The molecule has 3 rings (SSSR count). The molecule has 6 N–H and O–H groups in total. The number of H-pyrrole nitrogens is 1. The summed E-state index contributed by atoms with van der Waals surface area (Å²) >= 11 is 1.59. The van der Waals surface area contributed by atoms with E-state index in [-0.39, 0.29) is 12.3 Å². The minimum atomic E-state index is -1.06. The Balaban J connectivity index is 1.85. The van der Waals surface area contributed by atoms with Crippen LogP contribution < -0.4 is 16.4 Å². The number of carboxylic acid groups (broad SMARTS) is 1. The van der Waals surface area contributed by atoms with E-state index in [9.17, 15) is 24.3 Å². The van der Waals surface area contributed by atoms with Crippen LogP contribution in [0.1, 0.15) is 45.1 Å². The number of thioether (sulfide) groups is 1. The average molecular weight is 546 g/mol. The van der Waals surface area contributed by atoms with E-state index in [2.05, 4.69) is 15.6 Å². The highest BCUT2D eigenvalue weighted by Crippen LogP contribution is 2.23. The number of fused-ring (bicyclic) bond motifs is 1. The Morgan fingerprint density at radius 2 is 1.87 bits per heavy atom. The molecular formula is C27H39N5O5S. The lowest BCUT2D eigenvalue weighted by Crippen LogP contribution is -2.58. The Morgan fingerprint density at radius 1 is 1.16 bits per heavy atom.